The number of nitriles is 3. The topological polar surface area (TPSA) is 112 Å². The summed E-state index contributed by atoms with van der Waals surface area (Å²) in [5, 5.41) is 33.3. The summed E-state index contributed by atoms with van der Waals surface area (Å²) in [4.78, 5) is 27.0. The smallest absolute Gasteiger partial charge is 0.212 e. The van der Waals surface area contributed by atoms with E-state index in [4.69, 9.17) is 46.0 Å². The summed E-state index contributed by atoms with van der Waals surface area (Å²) in [6.45, 7) is 59.5. The van der Waals surface area contributed by atoms with Crippen LogP contribution >= 0.6 is 0 Å². The molecule has 2 heterocycles. The van der Waals surface area contributed by atoms with Gasteiger partial charge >= 0.3 is 0 Å². The van der Waals surface area contributed by atoms with Gasteiger partial charge in [-0.25, -0.2) is 33.9 Å². The van der Waals surface area contributed by atoms with Crippen molar-refractivity contribution < 1.29 is 0 Å². The van der Waals surface area contributed by atoms with Crippen molar-refractivity contribution in [2.24, 2.45) is 0 Å². The normalized spacial score (nSPS) is 10.6. The highest BCUT2D eigenvalue weighted by molar-refractivity contribution is 6.14. The molecule has 12 rings (SSSR count). The lowest BCUT2D eigenvalue weighted by Gasteiger charge is -2.21. The Morgan fingerprint density at radius 3 is 1.20 bits per heavy atom. The van der Waals surface area contributed by atoms with Crippen LogP contribution in [0.15, 0.2) is 176 Å². The Hall–Kier alpha value is -13.3. The number of aryl methyl sites for hydroxylation is 1. The minimum Gasteiger partial charge on any atom is -0.319 e. The second-order valence-corrected chi connectivity index (χ2v) is 19.4. The average Bonchev–Trinajstić information content (AvgIpc) is 3.14. The third-order valence-electron chi connectivity index (χ3n) is 15.1. The molecule has 0 saturated heterocycles. The third-order valence-corrected chi connectivity index (χ3v) is 15.1. The number of hydrogen-bond acceptors (Lipinski definition) is 3. The fraction of sp³-hybridized carbons (Fsp3) is 0.0141. The van der Waals surface area contributed by atoms with Gasteiger partial charge in [-0.1, -0.05) is 115 Å². The van der Waals surface area contributed by atoms with Gasteiger partial charge in [0.05, 0.1) is 92.0 Å². The molecule has 12 nitrogen and oxygen atoms in total. The Morgan fingerprint density at radius 2 is 0.759 bits per heavy atom. The Bertz CT molecular complexity index is 5100. The van der Waals surface area contributed by atoms with Crippen LogP contribution in [0.5, 0.6) is 0 Å². The first-order valence-corrected chi connectivity index (χ1v) is 25.4. The largest absolute Gasteiger partial charge is 0.319 e. The summed E-state index contributed by atoms with van der Waals surface area (Å²) in [5.74, 6) is 0. The van der Waals surface area contributed by atoms with E-state index < -0.39 is 0 Å². The molecular weight excluding hydrogens is 1020 g/mol. The fourth-order valence-electron chi connectivity index (χ4n) is 11.3. The molecule has 2 aromatic heterocycles. The summed E-state index contributed by atoms with van der Waals surface area (Å²) in [6, 6.07) is 59.4. The molecule has 0 fully saturated rings. The summed E-state index contributed by atoms with van der Waals surface area (Å²) in [7, 11) is 0. The average molecular weight is 1050 g/mol. The van der Waals surface area contributed by atoms with Crippen LogP contribution in [0.2, 0.25) is 0 Å². The van der Waals surface area contributed by atoms with Gasteiger partial charge in [0.2, 0.25) is 5.69 Å². The first-order chi connectivity index (χ1) is 40.6. The number of rotatable bonds is 7. The lowest BCUT2D eigenvalue weighted by Crippen LogP contribution is -2.02. The molecular formula is C71H32N12. The van der Waals surface area contributed by atoms with Crippen LogP contribution in [0.3, 0.4) is 0 Å². The van der Waals surface area contributed by atoms with E-state index in [-0.39, 0.29) is 17.1 Å². The summed E-state index contributed by atoms with van der Waals surface area (Å²) in [6.07, 6.45) is 0. The molecule has 0 radical (unpaired) electrons. The van der Waals surface area contributed by atoms with Crippen molar-refractivity contribution in [2.45, 2.75) is 6.92 Å². The summed E-state index contributed by atoms with van der Waals surface area (Å²) in [5.41, 5.74) is 13.9. The number of hydrogen-bond donors (Lipinski definition) is 0. The lowest BCUT2D eigenvalue weighted by molar-refractivity contribution is 1.15. The number of aromatic nitrogens is 2. The van der Waals surface area contributed by atoms with Crippen molar-refractivity contribution in [1.29, 1.82) is 15.8 Å². The first kappa shape index (κ1) is 50.5. The van der Waals surface area contributed by atoms with Crippen LogP contribution in [-0.2, 0) is 0 Å². The van der Waals surface area contributed by atoms with E-state index in [0.717, 1.165) is 27.1 Å². The molecule has 0 atom stereocenters. The molecule has 0 aliphatic heterocycles. The van der Waals surface area contributed by atoms with Crippen molar-refractivity contribution in [3.8, 4) is 85.2 Å². The Kier molecular flexibility index (Phi) is 12.3. The number of fused-ring (bicyclic) bond motifs is 6. The highest BCUT2D eigenvalue weighted by Gasteiger charge is 2.26. The fourth-order valence-corrected chi connectivity index (χ4v) is 11.3. The van der Waals surface area contributed by atoms with Gasteiger partial charge < -0.3 is 9.13 Å². The zero-order valence-corrected chi connectivity index (χ0v) is 43.6. The van der Waals surface area contributed by atoms with E-state index in [0.29, 0.717) is 129 Å². The van der Waals surface area contributed by atoms with E-state index in [9.17, 15) is 15.8 Å². The van der Waals surface area contributed by atoms with Gasteiger partial charge in [0.25, 0.3) is 0 Å². The highest BCUT2D eigenvalue weighted by atomic mass is 15.0. The molecule has 12 heteroatoms. The van der Waals surface area contributed by atoms with Gasteiger partial charge in [-0.3, -0.25) is 0 Å². The maximum Gasteiger partial charge on any atom is 0.212 e. The minimum atomic E-state index is 0.214. The van der Waals surface area contributed by atoms with Crippen molar-refractivity contribution in [3.63, 3.8) is 0 Å². The molecule has 0 aliphatic carbocycles. The van der Waals surface area contributed by atoms with Gasteiger partial charge in [-0.05, 0) is 129 Å². The lowest BCUT2D eigenvalue weighted by atomic mass is 9.95. The Labute approximate surface area is 476 Å². The Morgan fingerprint density at radius 1 is 0.337 bits per heavy atom. The van der Waals surface area contributed by atoms with Gasteiger partial charge in [-0.15, -0.1) is 0 Å². The second-order valence-electron chi connectivity index (χ2n) is 19.4. The van der Waals surface area contributed by atoms with E-state index in [1.165, 1.54) is 0 Å². The summed E-state index contributed by atoms with van der Waals surface area (Å²) < 4.78 is 4.07. The molecule has 0 saturated carbocycles. The van der Waals surface area contributed by atoms with Crippen LogP contribution in [0.25, 0.3) is 145 Å². The monoisotopic (exact) mass is 1050 g/mol. The molecule has 12 aromatic rings. The van der Waals surface area contributed by atoms with Crippen LogP contribution < -0.4 is 0 Å². The van der Waals surface area contributed by atoms with Crippen LogP contribution in [0, 0.1) is 86.9 Å². The highest BCUT2D eigenvalue weighted by Crippen LogP contribution is 2.49. The number of nitrogens with zero attached hydrogens (tertiary/aromatic N) is 12. The zero-order chi connectivity index (χ0) is 57.6. The van der Waals surface area contributed by atoms with Crippen molar-refractivity contribution >= 4 is 83.4 Å². The molecule has 0 N–H and O–H groups in total. The molecule has 10 aromatic carbocycles. The molecule has 0 aliphatic rings. The van der Waals surface area contributed by atoms with E-state index in [1.807, 2.05) is 109 Å². The van der Waals surface area contributed by atoms with Gasteiger partial charge in [0, 0.05) is 43.9 Å². The molecule has 0 bridgehead atoms. The standard InChI is InChI=1S/C71H32N12/c1-41-10-9-11-60(77-4)71(41)59-36-70(83-67-33-46(53-21-13-43(39-73)29-62(53)79-6)16-24-57(67)58-25-17-47(34-68(58)83)54-27-19-50(76-3)35-63(54)80-7)64(81-8)37-69(59)82-65-31-44(51-26-18-49(75-2)30-48(51)40-74)14-22-55(65)56-23-15-45(32-66(56)82)52-20-12-42(38-72)28-61(52)78-5/h9-37H,1H3. The van der Waals surface area contributed by atoms with Crippen LogP contribution in [0.4, 0.5) is 39.8 Å². The van der Waals surface area contributed by atoms with Gasteiger partial charge in [-0.2, -0.15) is 15.8 Å². The zero-order valence-electron chi connectivity index (χ0n) is 43.6. The molecule has 0 unspecified atom stereocenters. The van der Waals surface area contributed by atoms with E-state index in [1.54, 1.807) is 78.9 Å². The van der Waals surface area contributed by atoms with Crippen molar-refractivity contribution in [2.75, 3.05) is 0 Å². The molecule has 0 amide bonds. The quantitative estimate of drug-likeness (QED) is 0.148. The first-order valence-electron chi connectivity index (χ1n) is 25.4. The number of benzene rings is 10. The van der Waals surface area contributed by atoms with E-state index in [2.05, 4.69) is 56.7 Å². The van der Waals surface area contributed by atoms with E-state index >= 15 is 0 Å². The Balaban J connectivity index is 1.23. The summed E-state index contributed by atoms with van der Waals surface area (Å²) >= 11 is 0. The SMILES string of the molecule is [C-]#[N+]c1ccc(-c2ccc3c4ccc(-c5ccc(C#N)cc5[N+]#[C-])cc4n(-c4cc([N+]#[C-])c(-n5c6cc(-c7ccc(C#N)cc7[N+]#[C-])ccc6c6ccc(-c7ccc([N+]#[C-])cc7[N+]#[C-])cc65)cc4-c4c(C)cccc4[N+]#[C-])c3c2)c(C#N)c1. The van der Waals surface area contributed by atoms with Crippen LogP contribution in [0.1, 0.15) is 22.3 Å². The minimum absolute atomic E-state index is 0.214. The van der Waals surface area contributed by atoms with Crippen LogP contribution in [-0.4, -0.2) is 9.13 Å². The van der Waals surface area contributed by atoms with Gasteiger partial charge in [0.15, 0.2) is 34.1 Å². The second kappa shape index (κ2) is 20.2. The van der Waals surface area contributed by atoms with Crippen molar-refractivity contribution in [1.82, 2.24) is 9.13 Å². The maximum absolute atomic E-state index is 10.4. The maximum atomic E-state index is 10.4. The van der Waals surface area contributed by atoms with Gasteiger partial charge in [0.1, 0.15) is 0 Å². The van der Waals surface area contributed by atoms with Crippen molar-refractivity contribution in [3.05, 3.63) is 278 Å². The predicted molar refractivity (Wildman–Crippen MR) is 325 cm³/mol. The third kappa shape index (κ3) is 8.23. The molecule has 83 heavy (non-hydrogen) atoms. The predicted octanol–water partition coefficient (Wildman–Crippen LogP) is 20.0. The molecule has 376 valence electrons. The molecule has 0 spiro atoms.